The summed E-state index contributed by atoms with van der Waals surface area (Å²) in [6.45, 7) is 4.33. The minimum Gasteiger partial charge on any atom is -0.299 e. The van der Waals surface area contributed by atoms with Gasteiger partial charge in [0.05, 0.1) is 5.75 Å². The van der Waals surface area contributed by atoms with E-state index >= 15 is 0 Å². The predicted molar refractivity (Wildman–Crippen MR) is 68.4 cm³/mol. The van der Waals surface area contributed by atoms with Crippen molar-refractivity contribution in [3.8, 4) is 0 Å². The summed E-state index contributed by atoms with van der Waals surface area (Å²) in [7, 11) is 0. The first-order valence-electron chi connectivity index (χ1n) is 6.35. The van der Waals surface area contributed by atoms with Crippen LogP contribution in [-0.2, 0) is 4.79 Å². The molecular formula is C13H24OS. The number of thioether (sulfide) groups is 1. The maximum Gasteiger partial charge on any atom is 0.143 e. The van der Waals surface area contributed by atoms with Crippen molar-refractivity contribution in [1.82, 2.24) is 0 Å². The van der Waals surface area contributed by atoms with Crippen molar-refractivity contribution in [3.05, 3.63) is 0 Å². The molecule has 1 aliphatic carbocycles. The van der Waals surface area contributed by atoms with Crippen molar-refractivity contribution in [2.45, 2.75) is 64.0 Å². The van der Waals surface area contributed by atoms with Crippen LogP contribution < -0.4 is 0 Å². The number of carbonyl (C=O) groups is 1. The molecule has 0 saturated heterocycles. The average Bonchev–Trinajstić information content (AvgIpc) is 2.27. The molecule has 2 heteroatoms. The molecule has 1 unspecified atom stereocenters. The molecular weight excluding hydrogens is 204 g/mol. The molecule has 1 atom stereocenters. The van der Waals surface area contributed by atoms with E-state index in [1.165, 1.54) is 32.1 Å². The number of Topliss-reactive ketones (excluding diaryl/α,β-unsaturated/α-hetero) is 1. The van der Waals surface area contributed by atoms with Gasteiger partial charge in [-0.2, -0.15) is 11.8 Å². The summed E-state index contributed by atoms with van der Waals surface area (Å²) in [5.74, 6) is 1.79. The Hall–Kier alpha value is 0.0200. The topological polar surface area (TPSA) is 17.1 Å². The van der Waals surface area contributed by atoms with Crippen LogP contribution in [0.1, 0.15) is 58.8 Å². The molecule has 0 bridgehead atoms. The molecule has 0 N–H and O–H groups in total. The van der Waals surface area contributed by atoms with E-state index in [0.29, 0.717) is 11.7 Å². The number of hydrogen-bond acceptors (Lipinski definition) is 2. The largest absolute Gasteiger partial charge is 0.299 e. The third-order valence-corrected chi connectivity index (χ3v) is 4.74. The Morgan fingerprint density at radius 2 is 2.00 bits per heavy atom. The van der Waals surface area contributed by atoms with Crippen molar-refractivity contribution in [1.29, 1.82) is 0 Å². The first-order valence-corrected chi connectivity index (χ1v) is 7.40. The number of carbonyl (C=O) groups excluding carboxylic acids is 1. The van der Waals surface area contributed by atoms with E-state index in [1.807, 2.05) is 11.8 Å². The molecule has 0 aromatic carbocycles. The zero-order valence-corrected chi connectivity index (χ0v) is 10.9. The van der Waals surface area contributed by atoms with Gasteiger partial charge < -0.3 is 0 Å². The fourth-order valence-electron chi connectivity index (χ4n) is 2.03. The second-order valence-corrected chi connectivity index (χ2v) is 6.12. The molecule has 0 spiro atoms. The highest BCUT2D eigenvalue weighted by atomic mass is 32.2. The molecule has 0 radical (unpaired) electrons. The Bertz CT molecular complexity index is 185. The Kier molecular flexibility index (Phi) is 6.39. The molecule has 0 aromatic heterocycles. The Morgan fingerprint density at radius 1 is 1.33 bits per heavy atom. The smallest absolute Gasteiger partial charge is 0.143 e. The van der Waals surface area contributed by atoms with E-state index in [-0.39, 0.29) is 0 Å². The van der Waals surface area contributed by atoms with Gasteiger partial charge in [0.2, 0.25) is 0 Å². The lowest BCUT2D eigenvalue weighted by atomic mass is 10.0. The van der Waals surface area contributed by atoms with E-state index in [2.05, 4.69) is 13.8 Å². The van der Waals surface area contributed by atoms with Crippen molar-refractivity contribution < 1.29 is 4.79 Å². The number of hydrogen-bond donors (Lipinski definition) is 0. The van der Waals surface area contributed by atoms with Crippen molar-refractivity contribution >= 4 is 17.5 Å². The van der Waals surface area contributed by atoms with Crippen LogP contribution in [0, 0.1) is 5.92 Å². The van der Waals surface area contributed by atoms with Gasteiger partial charge in [-0.3, -0.25) is 4.79 Å². The molecule has 88 valence electrons. The van der Waals surface area contributed by atoms with Gasteiger partial charge in [-0.1, -0.05) is 39.5 Å². The number of rotatable bonds is 6. The molecule has 1 aliphatic rings. The molecule has 1 nitrogen and oxygen atoms in total. The van der Waals surface area contributed by atoms with E-state index in [0.717, 1.165) is 23.8 Å². The van der Waals surface area contributed by atoms with Gasteiger partial charge in [0, 0.05) is 11.7 Å². The van der Waals surface area contributed by atoms with Crippen LogP contribution in [0.3, 0.4) is 0 Å². The van der Waals surface area contributed by atoms with Crippen LogP contribution in [0.15, 0.2) is 0 Å². The van der Waals surface area contributed by atoms with Gasteiger partial charge in [0.15, 0.2) is 0 Å². The normalized spacial score (nSPS) is 20.1. The number of ketones is 1. The molecule has 0 aromatic rings. The minimum absolute atomic E-state index is 0.458. The molecule has 0 heterocycles. The van der Waals surface area contributed by atoms with Crippen LogP contribution >= 0.6 is 11.8 Å². The molecule has 1 saturated carbocycles. The highest BCUT2D eigenvalue weighted by Gasteiger charge is 2.15. The van der Waals surface area contributed by atoms with Crippen molar-refractivity contribution in [2.24, 2.45) is 5.92 Å². The SMILES string of the molecule is CCC(C)CC(=O)CSC1CCCCC1. The van der Waals surface area contributed by atoms with Gasteiger partial charge in [-0.25, -0.2) is 0 Å². The molecule has 0 aliphatic heterocycles. The Balaban J connectivity index is 2.10. The Labute approximate surface area is 98.4 Å². The van der Waals surface area contributed by atoms with Gasteiger partial charge in [-0.15, -0.1) is 0 Å². The summed E-state index contributed by atoms with van der Waals surface area (Å²) < 4.78 is 0. The summed E-state index contributed by atoms with van der Waals surface area (Å²) in [6, 6.07) is 0. The van der Waals surface area contributed by atoms with Crippen LogP contribution in [0.5, 0.6) is 0 Å². The molecule has 0 amide bonds. The van der Waals surface area contributed by atoms with Gasteiger partial charge in [-0.05, 0) is 18.8 Å². The lowest BCUT2D eigenvalue weighted by Crippen LogP contribution is -2.13. The zero-order chi connectivity index (χ0) is 11.1. The van der Waals surface area contributed by atoms with Crippen LogP contribution in [0.4, 0.5) is 0 Å². The van der Waals surface area contributed by atoms with Gasteiger partial charge in [0.25, 0.3) is 0 Å². The third-order valence-electron chi connectivity index (χ3n) is 3.31. The Morgan fingerprint density at radius 3 is 2.60 bits per heavy atom. The maximum absolute atomic E-state index is 11.6. The quantitative estimate of drug-likeness (QED) is 0.682. The van der Waals surface area contributed by atoms with Gasteiger partial charge in [0.1, 0.15) is 5.78 Å². The highest BCUT2D eigenvalue weighted by molar-refractivity contribution is 8.00. The molecule has 1 rings (SSSR count). The fraction of sp³-hybridized carbons (Fsp3) is 0.923. The summed E-state index contributed by atoms with van der Waals surface area (Å²) in [4.78, 5) is 11.6. The maximum atomic E-state index is 11.6. The van der Waals surface area contributed by atoms with Crippen LogP contribution in [0.2, 0.25) is 0 Å². The monoisotopic (exact) mass is 228 g/mol. The second kappa shape index (κ2) is 7.32. The average molecular weight is 228 g/mol. The van der Waals surface area contributed by atoms with E-state index in [9.17, 15) is 4.79 Å². The van der Waals surface area contributed by atoms with E-state index in [4.69, 9.17) is 0 Å². The summed E-state index contributed by atoms with van der Waals surface area (Å²) in [6.07, 6.45) is 8.73. The lowest BCUT2D eigenvalue weighted by molar-refractivity contribution is -0.117. The molecule has 15 heavy (non-hydrogen) atoms. The predicted octanol–water partition coefficient (Wildman–Crippen LogP) is 4.06. The first kappa shape index (κ1) is 13.1. The van der Waals surface area contributed by atoms with E-state index in [1.54, 1.807) is 0 Å². The minimum atomic E-state index is 0.458. The summed E-state index contributed by atoms with van der Waals surface area (Å²) >= 11 is 1.91. The highest BCUT2D eigenvalue weighted by Crippen LogP contribution is 2.28. The second-order valence-electron chi connectivity index (χ2n) is 4.83. The fourth-order valence-corrected chi connectivity index (χ4v) is 3.24. The summed E-state index contributed by atoms with van der Waals surface area (Å²) in [5, 5.41) is 0.777. The zero-order valence-electron chi connectivity index (χ0n) is 10.1. The summed E-state index contributed by atoms with van der Waals surface area (Å²) in [5.41, 5.74) is 0. The standard InChI is InChI=1S/C13H24OS/c1-3-11(2)9-12(14)10-15-13-7-5-4-6-8-13/h11,13H,3-10H2,1-2H3. The van der Waals surface area contributed by atoms with Crippen LogP contribution in [-0.4, -0.2) is 16.8 Å². The van der Waals surface area contributed by atoms with Crippen LogP contribution in [0.25, 0.3) is 0 Å². The van der Waals surface area contributed by atoms with E-state index < -0.39 is 0 Å². The third kappa shape index (κ3) is 5.60. The lowest BCUT2D eigenvalue weighted by Gasteiger charge is -2.20. The molecule has 1 fully saturated rings. The van der Waals surface area contributed by atoms with Crippen molar-refractivity contribution in [3.63, 3.8) is 0 Å². The van der Waals surface area contributed by atoms with Gasteiger partial charge >= 0.3 is 0 Å². The van der Waals surface area contributed by atoms with Crippen molar-refractivity contribution in [2.75, 3.05) is 5.75 Å². The first-order chi connectivity index (χ1) is 7.22.